The van der Waals surface area contributed by atoms with Crippen LogP contribution in [0.15, 0.2) is 54.6 Å². The van der Waals surface area contributed by atoms with E-state index in [4.69, 9.17) is 12.2 Å². The number of methoxy groups -OCH3 is 1. The van der Waals surface area contributed by atoms with Gasteiger partial charge in [0.1, 0.15) is 0 Å². The number of carbonyl (C=O) groups excluding carboxylic acids is 1. The number of nitrogens with zero attached hydrogens (tertiary/aromatic N) is 1. The summed E-state index contributed by atoms with van der Waals surface area (Å²) in [6.45, 7) is 1.72. The summed E-state index contributed by atoms with van der Waals surface area (Å²) in [5, 5.41) is 6.85. The lowest BCUT2D eigenvalue weighted by Crippen LogP contribution is -2.31. The molecule has 0 heterocycles. The molecule has 0 fully saturated rings. The third-order valence-corrected chi connectivity index (χ3v) is 3.96. The lowest BCUT2D eigenvalue weighted by atomic mass is 10.2. The van der Waals surface area contributed by atoms with Crippen LogP contribution in [-0.4, -0.2) is 38.3 Å². The molecule has 2 aromatic carbocycles. The van der Waals surface area contributed by atoms with E-state index in [0.717, 1.165) is 25.2 Å². The molecule has 5 nitrogen and oxygen atoms in total. The summed E-state index contributed by atoms with van der Waals surface area (Å²) < 4.78 is 4.67. The van der Waals surface area contributed by atoms with E-state index in [-0.39, 0.29) is 5.97 Å². The van der Waals surface area contributed by atoms with Crippen LogP contribution < -0.4 is 15.5 Å². The van der Waals surface area contributed by atoms with Gasteiger partial charge in [0.05, 0.1) is 12.7 Å². The zero-order chi connectivity index (χ0) is 18.1. The van der Waals surface area contributed by atoms with Crippen LogP contribution in [0.1, 0.15) is 16.8 Å². The fourth-order valence-electron chi connectivity index (χ4n) is 2.31. The summed E-state index contributed by atoms with van der Waals surface area (Å²) in [5.74, 6) is -0.352. The highest BCUT2D eigenvalue weighted by atomic mass is 32.1. The van der Waals surface area contributed by atoms with Crippen molar-refractivity contribution in [1.29, 1.82) is 0 Å². The largest absolute Gasteiger partial charge is 0.465 e. The summed E-state index contributed by atoms with van der Waals surface area (Å²) in [5.41, 5.74) is 2.54. The van der Waals surface area contributed by atoms with Crippen molar-refractivity contribution in [2.75, 3.05) is 37.5 Å². The van der Waals surface area contributed by atoms with E-state index in [2.05, 4.69) is 39.5 Å². The molecule has 0 aromatic heterocycles. The topological polar surface area (TPSA) is 53.6 Å². The predicted octanol–water partition coefficient (Wildman–Crippen LogP) is 3.29. The number of hydrogen-bond acceptors (Lipinski definition) is 4. The molecule has 2 rings (SSSR count). The summed E-state index contributed by atoms with van der Waals surface area (Å²) in [6.07, 6.45) is 0.967. The van der Waals surface area contributed by atoms with E-state index in [1.165, 1.54) is 12.8 Å². The van der Waals surface area contributed by atoms with Crippen molar-refractivity contribution < 1.29 is 9.53 Å². The number of para-hydroxylation sites is 1. The molecule has 0 saturated carbocycles. The van der Waals surface area contributed by atoms with Gasteiger partial charge in [-0.15, -0.1) is 0 Å². The Morgan fingerprint density at radius 1 is 1.12 bits per heavy atom. The minimum Gasteiger partial charge on any atom is -0.465 e. The fraction of sp³-hybridized carbons (Fsp3) is 0.263. The van der Waals surface area contributed by atoms with Gasteiger partial charge in [-0.25, -0.2) is 4.79 Å². The smallest absolute Gasteiger partial charge is 0.337 e. The number of carbonyl (C=O) groups is 1. The molecular weight excluding hydrogens is 334 g/mol. The second-order valence-corrected chi connectivity index (χ2v) is 5.97. The van der Waals surface area contributed by atoms with E-state index in [9.17, 15) is 4.79 Å². The van der Waals surface area contributed by atoms with Gasteiger partial charge in [-0.2, -0.15) is 0 Å². The van der Waals surface area contributed by atoms with Gasteiger partial charge in [-0.1, -0.05) is 18.2 Å². The SMILES string of the molecule is COC(=O)c1ccc(NC(=S)NCCCN(C)c2ccccc2)cc1. The van der Waals surface area contributed by atoms with Crippen molar-refractivity contribution in [2.24, 2.45) is 0 Å². The number of rotatable bonds is 7. The minimum absolute atomic E-state index is 0.352. The molecule has 2 aromatic rings. The molecule has 0 unspecified atom stereocenters. The van der Waals surface area contributed by atoms with Crippen LogP contribution in [0.4, 0.5) is 11.4 Å². The molecule has 0 radical (unpaired) electrons. The Morgan fingerprint density at radius 3 is 2.44 bits per heavy atom. The van der Waals surface area contributed by atoms with Gasteiger partial charge >= 0.3 is 5.97 Å². The van der Waals surface area contributed by atoms with Crippen molar-refractivity contribution in [3.63, 3.8) is 0 Å². The molecule has 0 aliphatic rings. The van der Waals surface area contributed by atoms with Gasteiger partial charge in [-0.05, 0) is 55.0 Å². The highest BCUT2D eigenvalue weighted by molar-refractivity contribution is 7.80. The van der Waals surface area contributed by atoms with Gasteiger partial charge in [-0.3, -0.25) is 0 Å². The van der Waals surface area contributed by atoms with E-state index in [0.29, 0.717) is 10.7 Å². The Labute approximate surface area is 154 Å². The van der Waals surface area contributed by atoms with Gasteiger partial charge in [0.2, 0.25) is 0 Å². The first-order valence-electron chi connectivity index (χ1n) is 8.09. The average Bonchev–Trinajstić information content (AvgIpc) is 2.65. The normalized spacial score (nSPS) is 10.0. The van der Waals surface area contributed by atoms with Crippen molar-refractivity contribution in [3.05, 3.63) is 60.2 Å². The first-order chi connectivity index (χ1) is 12.1. The second kappa shape index (κ2) is 9.64. The quantitative estimate of drug-likeness (QED) is 0.451. The summed E-state index contributed by atoms with van der Waals surface area (Å²) in [6, 6.07) is 17.3. The van der Waals surface area contributed by atoms with Gasteiger partial charge < -0.3 is 20.3 Å². The van der Waals surface area contributed by atoms with Crippen LogP contribution in [-0.2, 0) is 4.74 Å². The molecule has 25 heavy (non-hydrogen) atoms. The Kier molecular flexibility index (Phi) is 7.22. The Balaban J connectivity index is 1.69. The third kappa shape index (κ3) is 6.08. The van der Waals surface area contributed by atoms with Gasteiger partial charge in [0.15, 0.2) is 5.11 Å². The maximum atomic E-state index is 11.4. The van der Waals surface area contributed by atoms with Gasteiger partial charge in [0.25, 0.3) is 0 Å². The fourth-order valence-corrected chi connectivity index (χ4v) is 2.53. The van der Waals surface area contributed by atoms with Crippen LogP contribution in [0.3, 0.4) is 0 Å². The Morgan fingerprint density at radius 2 is 1.80 bits per heavy atom. The molecular formula is C19H23N3O2S. The van der Waals surface area contributed by atoms with Crippen molar-refractivity contribution >= 4 is 34.7 Å². The molecule has 0 atom stereocenters. The number of anilines is 2. The summed E-state index contributed by atoms with van der Waals surface area (Å²) >= 11 is 5.29. The average molecular weight is 357 g/mol. The number of nitrogens with one attached hydrogen (secondary N) is 2. The molecule has 0 aliphatic carbocycles. The van der Waals surface area contributed by atoms with Crippen LogP contribution in [0.25, 0.3) is 0 Å². The molecule has 0 spiro atoms. The predicted molar refractivity (Wildman–Crippen MR) is 106 cm³/mol. The van der Waals surface area contributed by atoms with E-state index in [1.54, 1.807) is 24.3 Å². The lowest BCUT2D eigenvalue weighted by Gasteiger charge is -2.19. The highest BCUT2D eigenvalue weighted by Crippen LogP contribution is 2.11. The van der Waals surface area contributed by atoms with E-state index in [1.807, 2.05) is 18.2 Å². The molecule has 132 valence electrons. The Hall–Kier alpha value is -2.60. The van der Waals surface area contributed by atoms with Gasteiger partial charge in [0, 0.05) is 31.5 Å². The third-order valence-electron chi connectivity index (χ3n) is 3.72. The first-order valence-corrected chi connectivity index (χ1v) is 8.50. The van der Waals surface area contributed by atoms with Crippen molar-refractivity contribution in [1.82, 2.24) is 5.32 Å². The van der Waals surface area contributed by atoms with E-state index >= 15 is 0 Å². The highest BCUT2D eigenvalue weighted by Gasteiger charge is 2.05. The Bertz CT molecular complexity index is 690. The molecule has 0 amide bonds. The van der Waals surface area contributed by atoms with Crippen LogP contribution >= 0.6 is 12.2 Å². The minimum atomic E-state index is -0.352. The standard InChI is InChI=1S/C19H23N3O2S/c1-22(17-7-4-3-5-8-17)14-6-13-20-19(25)21-16-11-9-15(10-12-16)18(23)24-2/h3-5,7-12H,6,13-14H2,1-2H3,(H2,20,21,25). The monoisotopic (exact) mass is 357 g/mol. The first kappa shape index (κ1) is 18.7. The molecule has 0 saturated heterocycles. The van der Waals surface area contributed by atoms with Crippen LogP contribution in [0.5, 0.6) is 0 Å². The number of ether oxygens (including phenoxy) is 1. The summed E-state index contributed by atoms with van der Waals surface area (Å²) in [7, 11) is 3.44. The number of hydrogen-bond donors (Lipinski definition) is 2. The van der Waals surface area contributed by atoms with Crippen LogP contribution in [0.2, 0.25) is 0 Å². The summed E-state index contributed by atoms with van der Waals surface area (Å²) in [4.78, 5) is 13.6. The number of thiocarbonyl (C=S) groups is 1. The zero-order valence-electron chi connectivity index (χ0n) is 14.5. The van der Waals surface area contributed by atoms with Crippen molar-refractivity contribution in [2.45, 2.75) is 6.42 Å². The van der Waals surface area contributed by atoms with Crippen molar-refractivity contribution in [3.8, 4) is 0 Å². The van der Waals surface area contributed by atoms with E-state index < -0.39 is 0 Å². The lowest BCUT2D eigenvalue weighted by molar-refractivity contribution is 0.0601. The number of esters is 1. The maximum absolute atomic E-state index is 11.4. The molecule has 0 bridgehead atoms. The molecule has 2 N–H and O–H groups in total. The van der Waals surface area contributed by atoms with Crippen LogP contribution in [0, 0.1) is 0 Å². The maximum Gasteiger partial charge on any atom is 0.337 e. The number of benzene rings is 2. The zero-order valence-corrected chi connectivity index (χ0v) is 15.3. The second-order valence-electron chi connectivity index (χ2n) is 5.56. The molecule has 0 aliphatic heterocycles. The molecule has 6 heteroatoms.